The van der Waals surface area contributed by atoms with Crippen LogP contribution in [0.25, 0.3) is 16.5 Å². The SMILES string of the molecule is O=C(COC(=O)c1nn(-c2ccccc2)c(=O)c2ccccc12)NN1C(=O)NC2(CCCCC2)C1=O. The van der Waals surface area contributed by atoms with E-state index in [2.05, 4.69) is 15.8 Å². The number of aromatic nitrogens is 2. The lowest BCUT2D eigenvalue weighted by Gasteiger charge is -2.30. The first-order valence-electron chi connectivity index (χ1n) is 11.6. The van der Waals surface area contributed by atoms with Gasteiger partial charge in [0.1, 0.15) is 5.54 Å². The van der Waals surface area contributed by atoms with E-state index in [1.165, 1.54) is 0 Å². The summed E-state index contributed by atoms with van der Waals surface area (Å²) < 4.78 is 6.24. The lowest BCUT2D eigenvalue weighted by molar-refractivity contribution is -0.140. The Labute approximate surface area is 205 Å². The minimum atomic E-state index is -0.993. The van der Waals surface area contributed by atoms with Crippen LogP contribution in [0.4, 0.5) is 4.79 Å². The topological polar surface area (TPSA) is 140 Å². The van der Waals surface area contributed by atoms with Crippen molar-refractivity contribution >= 4 is 34.6 Å². The number of ether oxygens (including phenoxy) is 1. The Balaban J connectivity index is 1.33. The van der Waals surface area contributed by atoms with E-state index >= 15 is 0 Å². The average molecular weight is 489 g/mol. The van der Waals surface area contributed by atoms with Crippen LogP contribution in [0.15, 0.2) is 59.4 Å². The number of hydrogen-bond donors (Lipinski definition) is 2. The zero-order valence-electron chi connectivity index (χ0n) is 19.2. The van der Waals surface area contributed by atoms with Crippen LogP contribution < -0.4 is 16.3 Å². The Kier molecular flexibility index (Phi) is 5.96. The molecule has 1 saturated heterocycles. The number of nitrogens with one attached hydrogen (secondary N) is 2. The van der Waals surface area contributed by atoms with Gasteiger partial charge in [-0.05, 0) is 31.0 Å². The van der Waals surface area contributed by atoms with E-state index in [0.717, 1.165) is 23.9 Å². The summed E-state index contributed by atoms with van der Waals surface area (Å²) >= 11 is 0. The number of benzene rings is 2. The molecule has 0 bridgehead atoms. The third-order valence-corrected chi connectivity index (χ3v) is 6.44. The molecule has 1 aliphatic heterocycles. The van der Waals surface area contributed by atoms with Crippen molar-refractivity contribution in [3.8, 4) is 5.69 Å². The predicted molar refractivity (Wildman–Crippen MR) is 127 cm³/mol. The van der Waals surface area contributed by atoms with E-state index in [9.17, 15) is 24.0 Å². The second-order valence-electron chi connectivity index (χ2n) is 8.77. The fourth-order valence-corrected chi connectivity index (χ4v) is 4.66. The van der Waals surface area contributed by atoms with Gasteiger partial charge >= 0.3 is 12.0 Å². The lowest BCUT2D eigenvalue weighted by Crippen LogP contribution is -2.51. The second-order valence-corrected chi connectivity index (χ2v) is 8.77. The number of rotatable bonds is 5. The number of amides is 4. The fraction of sp³-hybridized carbons (Fsp3) is 0.280. The summed E-state index contributed by atoms with van der Waals surface area (Å²) in [5.41, 5.74) is 1.11. The monoisotopic (exact) mass is 489 g/mol. The van der Waals surface area contributed by atoms with Crippen molar-refractivity contribution in [3.63, 3.8) is 0 Å². The zero-order valence-corrected chi connectivity index (χ0v) is 19.2. The normalized spacial score (nSPS) is 16.7. The molecule has 1 saturated carbocycles. The Morgan fingerprint density at radius 1 is 0.944 bits per heavy atom. The summed E-state index contributed by atoms with van der Waals surface area (Å²) in [6.45, 7) is -0.761. The molecule has 2 N–H and O–H groups in total. The van der Waals surface area contributed by atoms with Crippen LogP contribution >= 0.6 is 0 Å². The highest BCUT2D eigenvalue weighted by Crippen LogP contribution is 2.33. The van der Waals surface area contributed by atoms with Gasteiger partial charge in [-0.25, -0.2) is 9.59 Å². The van der Waals surface area contributed by atoms with Gasteiger partial charge in [0, 0.05) is 5.39 Å². The second kappa shape index (κ2) is 9.25. The van der Waals surface area contributed by atoms with Crippen molar-refractivity contribution in [1.82, 2.24) is 25.5 Å². The van der Waals surface area contributed by atoms with Crippen LogP contribution in [0.1, 0.15) is 42.6 Å². The quantitative estimate of drug-likeness (QED) is 0.412. The number of carbonyl (C=O) groups excluding carboxylic acids is 4. The molecular formula is C25H23N5O6. The lowest BCUT2D eigenvalue weighted by atomic mass is 9.82. The number of hydrogen-bond acceptors (Lipinski definition) is 7. The predicted octanol–water partition coefficient (Wildman–Crippen LogP) is 1.83. The van der Waals surface area contributed by atoms with E-state index in [4.69, 9.17) is 4.74 Å². The van der Waals surface area contributed by atoms with Crippen LogP contribution in [0.2, 0.25) is 0 Å². The van der Waals surface area contributed by atoms with E-state index in [1.807, 2.05) is 0 Å². The Morgan fingerprint density at radius 2 is 1.61 bits per heavy atom. The highest BCUT2D eigenvalue weighted by Gasteiger charge is 2.52. The first kappa shape index (κ1) is 23.2. The van der Waals surface area contributed by atoms with Gasteiger partial charge in [-0.3, -0.25) is 19.8 Å². The summed E-state index contributed by atoms with van der Waals surface area (Å²) in [5, 5.41) is 8.06. The Morgan fingerprint density at radius 3 is 2.33 bits per heavy atom. The molecule has 0 atom stereocenters. The number of hydrazine groups is 1. The number of para-hydroxylation sites is 1. The van der Waals surface area contributed by atoms with Crippen LogP contribution in [0.3, 0.4) is 0 Å². The highest BCUT2D eigenvalue weighted by molar-refractivity contribution is 6.08. The summed E-state index contributed by atoms with van der Waals surface area (Å²) in [7, 11) is 0. The van der Waals surface area contributed by atoms with Gasteiger partial charge in [-0.2, -0.15) is 14.8 Å². The van der Waals surface area contributed by atoms with E-state index < -0.39 is 41.5 Å². The fourth-order valence-electron chi connectivity index (χ4n) is 4.66. The maximum Gasteiger partial charge on any atom is 0.359 e. The molecule has 2 aromatic carbocycles. The number of imide groups is 1. The molecule has 2 heterocycles. The Hall–Kier alpha value is -4.54. The average Bonchev–Trinajstić information content (AvgIpc) is 3.12. The van der Waals surface area contributed by atoms with Gasteiger partial charge in [0.05, 0.1) is 11.1 Å². The first-order valence-corrected chi connectivity index (χ1v) is 11.6. The zero-order chi connectivity index (χ0) is 25.3. The van der Waals surface area contributed by atoms with Gasteiger partial charge in [0.25, 0.3) is 17.4 Å². The minimum absolute atomic E-state index is 0.155. The maximum atomic E-state index is 13.0. The highest BCUT2D eigenvalue weighted by atomic mass is 16.5. The molecule has 2 fully saturated rings. The van der Waals surface area contributed by atoms with Gasteiger partial charge in [-0.15, -0.1) is 0 Å². The first-order chi connectivity index (χ1) is 17.4. The number of carbonyl (C=O) groups is 4. The molecule has 4 amide bonds. The molecule has 0 radical (unpaired) electrons. The van der Waals surface area contributed by atoms with Crippen LogP contribution in [-0.4, -0.2) is 50.7 Å². The van der Waals surface area contributed by atoms with Gasteiger partial charge in [0.2, 0.25) is 0 Å². The van der Waals surface area contributed by atoms with Crippen molar-refractivity contribution in [2.24, 2.45) is 0 Å². The summed E-state index contributed by atoms with van der Waals surface area (Å²) in [4.78, 5) is 63.5. The van der Waals surface area contributed by atoms with Crippen molar-refractivity contribution < 1.29 is 23.9 Å². The van der Waals surface area contributed by atoms with E-state index in [1.54, 1.807) is 54.6 Å². The molecule has 1 spiro atoms. The molecular weight excluding hydrogens is 466 g/mol. The van der Waals surface area contributed by atoms with Crippen LogP contribution in [0, 0.1) is 0 Å². The maximum absolute atomic E-state index is 13.0. The smallest absolute Gasteiger partial charge is 0.359 e. The molecule has 11 nitrogen and oxygen atoms in total. The summed E-state index contributed by atoms with van der Waals surface area (Å²) in [6.07, 6.45) is 3.60. The molecule has 0 unspecified atom stereocenters. The van der Waals surface area contributed by atoms with Gasteiger partial charge < -0.3 is 10.1 Å². The van der Waals surface area contributed by atoms with E-state index in [0.29, 0.717) is 23.5 Å². The molecule has 1 aromatic heterocycles. The van der Waals surface area contributed by atoms with Crippen LogP contribution in [-0.2, 0) is 14.3 Å². The number of esters is 1. The number of urea groups is 1. The van der Waals surface area contributed by atoms with Crippen molar-refractivity contribution in [3.05, 3.63) is 70.6 Å². The molecule has 184 valence electrons. The number of fused-ring (bicyclic) bond motifs is 1. The standard InChI is InChI=1S/C25H23N5O6/c31-19(27-30-23(34)25(26-24(30)35)13-7-2-8-14-25)15-36-22(33)20-17-11-5-6-12-18(17)21(32)29(28-20)16-9-3-1-4-10-16/h1,3-6,9-12H,2,7-8,13-15H2,(H,26,35)(H,27,31). The molecule has 2 aliphatic rings. The number of nitrogens with zero attached hydrogens (tertiary/aromatic N) is 3. The molecule has 3 aromatic rings. The summed E-state index contributed by atoms with van der Waals surface area (Å²) in [5.74, 6) is -2.32. The molecule has 36 heavy (non-hydrogen) atoms. The Bertz CT molecular complexity index is 1430. The van der Waals surface area contributed by atoms with Crippen molar-refractivity contribution in [2.45, 2.75) is 37.6 Å². The molecule has 5 rings (SSSR count). The molecule has 1 aliphatic carbocycles. The largest absolute Gasteiger partial charge is 0.451 e. The van der Waals surface area contributed by atoms with Crippen molar-refractivity contribution in [1.29, 1.82) is 0 Å². The van der Waals surface area contributed by atoms with E-state index in [-0.39, 0.29) is 16.5 Å². The third-order valence-electron chi connectivity index (χ3n) is 6.44. The molecule has 11 heteroatoms. The summed E-state index contributed by atoms with van der Waals surface area (Å²) in [6, 6.07) is 14.3. The van der Waals surface area contributed by atoms with Gasteiger partial charge in [-0.1, -0.05) is 55.7 Å². The third kappa shape index (κ3) is 4.08. The van der Waals surface area contributed by atoms with Crippen LogP contribution in [0.5, 0.6) is 0 Å². The minimum Gasteiger partial charge on any atom is -0.451 e. The van der Waals surface area contributed by atoms with Gasteiger partial charge in [0.15, 0.2) is 12.3 Å². The van der Waals surface area contributed by atoms with Crippen molar-refractivity contribution in [2.75, 3.05) is 6.61 Å².